The number of amides is 2. The van der Waals surface area contributed by atoms with Gasteiger partial charge in [0.15, 0.2) is 0 Å². The molecular weight excluding hydrogens is 425 g/mol. The summed E-state index contributed by atoms with van der Waals surface area (Å²) in [5.41, 5.74) is 2.75. The Morgan fingerprint density at radius 2 is 1.70 bits per heavy atom. The average molecular weight is 448 g/mol. The molecule has 0 spiro atoms. The normalized spacial score (nSPS) is 16.1. The Bertz CT molecular complexity index is 928. The Balaban J connectivity index is 1.77. The van der Waals surface area contributed by atoms with E-state index in [1.807, 2.05) is 24.3 Å². The first-order chi connectivity index (χ1) is 14.5. The quantitative estimate of drug-likeness (QED) is 0.422. The summed E-state index contributed by atoms with van der Waals surface area (Å²) in [6, 6.07) is 13.6. The number of hydrogen-bond acceptors (Lipinski definition) is 4. The molecule has 0 fully saturated rings. The molecule has 3 rings (SSSR count). The summed E-state index contributed by atoms with van der Waals surface area (Å²) in [7, 11) is 0. The number of carbonyl (C=O) groups is 2. The van der Waals surface area contributed by atoms with Crippen LogP contribution in [0.3, 0.4) is 0 Å². The maximum absolute atomic E-state index is 12.7. The van der Waals surface area contributed by atoms with Crippen LogP contribution in [0.1, 0.15) is 24.1 Å². The molecule has 6 nitrogen and oxygen atoms in total. The second-order valence-electron chi connectivity index (χ2n) is 6.75. The van der Waals surface area contributed by atoms with E-state index in [-0.39, 0.29) is 12.6 Å². The van der Waals surface area contributed by atoms with Crippen LogP contribution in [0.25, 0.3) is 0 Å². The topological polar surface area (TPSA) is 79.5 Å². The number of rotatable bonds is 8. The summed E-state index contributed by atoms with van der Waals surface area (Å²) < 4.78 is 5.25. The van der Waals surface area contributed by atoms with Gasteiger partial charge in [-0.15, -0.1) is 0 Å². The number of urea groups is 1. The molecule has 8 heteroatoms. The molecule has 1 aliphatic heterocycles. The Morgan fingerprint density at radius 1 is 1.07 bits per heavy atom. The van der Waals surface area contributed by atoms with Crippen LogP contribution < -0.4 is 16.0 Å². The van der Waals surface area contributed by atoms with E-state index >= 15 is 0 Å². The van der Waals surface area contributed by atoms with Crippen molar-refractivity contribution in [1.82, 2.24) is 16.0 Å². The highest BCUT2D eigenvalue weighted by atomic mass is 35.5. The first-order valence-electron chi connectivity index (χ1n) is 9.66. The lowest BCUT2D eigenvalue weighted by molar-refractivity contribution is -0.139. The van der Waals surface area contributed by atoms with Crippen molar-refractivity contribution in [3.63, 3.8) is 0 Å². The summed E-state index contributed by atoms with van der Waals surface area (Å²) in [5.74, 6) is -0.473. The maximum Gasteiger partial charge on any atom is 0.338 e. The molecular formula is C22H23Cl2N3O3. The summed E-state index contributed by atoms with van der Waals surface area (Å²) in [5, 5.41) is 10.1. The Morgan fingerprint density at radius 3 is 2.33 bits per heavy atom. The largest absolute Gasteiger partial charge is 0.463 e. The van der Waals surface area contributed by atoms with Crippen molar-refractivity contribution in [1.29, 1.82) is 0 Å². The molecule has 158 valence electrons. The molecule has 1 atom stereocenters. The van der Waals surface area contributed by atoms with Gasteiger partial charge in [0.05, 0.1) is 18.2 Å². The number of ether oxygens (including phenoxy) is 1. The third kappa shape index (κ3) is 5.75. The monoisotopic (exact) mass is 447 g/mol. The molecule has 0 aliphatic carbocycles. The van der Waals surface area contributed by atoms with Crippen molar-refractivity contribution in [2.24, 2.45) is 0 Å². The average Bonchev–Trinajstić information content (AvgIpc) is 2.72. The highest BCUT2D eigenvalue weighted by Crippen LogP contribution is 2.28. The maximum atomic E-state index is 12.7. The number of nitrogens with one attached hydrogen (secondary N) is 3. The minimum atomic E-state index is -0.622. The number of halogens is 2. The summed E-state index contributed by atoms with van der Waals surface area (Å²) in [4.78, 5) is 25.0. The van der Waals surface area contributed by atoms with Gasteiger partial charge in [0, 0.05) is 22.3 Å². The molecule has 3 N–H and O–H groups in total. The van der Waals surface area contributed by atoms with Gasteiger partial charge in [0.1, 0.15) is 0 Å². The molecule has 2 aromatic rings. The first kappa shape index (κ1) is 22.2. The molecule has 1 aliphatic rings. The van der Waals surface area contributed by atoms with E-state index in [1.54, 1.807) is 31.2 Å². The SMILES string of the molecule is CCOC(=O)C1=C(CNCCc2ccc(Cl)cc2)NC(=O)N[C@@H]1c1ccc(Cl)cc1. The number of hydrogen-bond donors (Lipinski definition) is 3. The van der Waals surface area contributed by atoms with Gasteiger partial charge in [0.25, 0.3) is 0 Å². The fraction of sp³-hybridized carbons (Fsp3) is 0.273. The molecule has 30 heavy (non-hydrogen) atoms. The highest BCUT2D eigenvalue weighted by molar-refractivity contribution is 6.30. The van der Waals surface area contributed by atoms with Gasteiger partial charge in [-0.3, -0.25) is 0 Å². The van der Waals surface area contributed by atoms with Crippen LogP contribution in [0.5, 0.6) is 0 Å². The molecule has 0 saturated carbocycles. The molecule has 0 aromatic heterocycles. The lowest BCUT2D eigenvalue weighted by Crippen LogP contribution is -2.48. The Labute approximate surface area is 185 Å². The second kappa shape index (κ2) is 10.5. The summed E-state index contributed by atoms with van der Waals surface area (Å²) in [6.07, 6.45) is 0.784. The minimum absolute atomic E-state index is 0.237. The smallest absolute Gasteiger partial charge is 0.338 e. The minimum Gasteiger partial charge on any atom is -0.463 e. The number of benzene rings is 2. The standard InChI is InChI=1S/C22H23Cl2N3O3/c1-2-30-21(28)19-18(13-25-12-11-14-3-7-16(23)8-4-14)26-22(29)27-20(19)15-5-9-17(24)10-6-15/h3-10,20,25H,2,11-13H2,1H3,(H2,26,27,29)/t20-/m1/s1. The summed E-state index contributed by atoms with van der Waals surface area (Å²) in [6.45, 7) is 2.96. The van der Waals surface area contributed by atoms with Crippen LogP contribution in [0.15, 0.2) is 59.8 Å². The molecule has 0 bridgehead atoms. The fourth-order valence-electron chi connectivity index (χ4n) is 3.21. The van der Waals surface area contributed by atoms with E-state index in [0.717, 1.165) is 17.5 Å². The molecule has 1 heterocycles. The van der Waals surface area contributed by atoms with Gasteiger partial charge in [-0.2, -0.15) is 0 Å². The van der Waals surface area contributed by atoms with E-state index in [2.05, 4.69) is 16.0 Å². The predicted octanol–water partition coefficient (Wildman–Crippen LogP) is 4.00. The van der Waals surface area contributed by atoms with Gasteiger partial charge >= 0.3 is 12.0 Å². The van der Waals surface area contributed by atoms with Gasteiger partial charge in [-0.05, 0) is 55.3 Å². The summed E-state index contributed by atoms with van der Waals surface area (Å²) >= 11 is 11.9. The zero-order valence-corrected chi connectivity index (χ0v) is 18.0. The molecule has 2 aromatic carbocycles. The molecule has 0 saturated heterocycles. The highest BCUT2D eigenvalue weighted by Gasteiger charge is 2.33. The van der Waals surface area contributed by atoms with Crippen LogP contribution >= 0.6 is 23.2 Å². The van der Waals surface area contributed by atoms with E-state index in [4.69, 9.17) is 27.9 Å². The van der Waals surface area contributed by atoms with E-state index in [0.29, 0.717) is 34.4 Å². The van der Waals surface area contributed by atoms with Crippen LogP contribution in [0, 0.1) is 0 Å². The first-order valence-corrected chi connectivity index (χ1v) is 10.4. The Kier molecular flexibility index (Phi) is 7.74. The predicted molar refractivity (Wildman–Crippen MR) is 118 cm³/mol. The van der Waals surface area contributed by atoms with Crippen molar-refractivity contribution in [2.45, 2.75) is 19.4 Å². The zero-order valence-electron chi connectivity index (χ0n) is 16.5. The second-order valence-corrected chi connectivity index (χ2v) is 7.62. The van der Waals surface area contributed by atoms with Crippen molar-refractivity contribution in [3.05, 3.63) is 81.0 Å². The van der Waals surface area contributed by atoms with E-state index < -0.39 is 12.0 Å². The van der Waals surface area contributed by atoms with Crippen molar-refractivity contribution < 1.29 is 14.3 Å². The molecule has 0 unspecified atom stereocenters. The van der Waals surface area contributed by atoms with Crippen LogP contribution in [0.4, 0.5) is 4.79 Å². The van der Waals surface area contributed by atoms with E-state index in [1.165, 1.54) is 0 Å². The molecule has 0 radical (unpaired) electrons. The van der Waals surface area contributed by atoms with Crippen LogP contribution in [-0.2, 0) is 16.0 Å². The van der Waals surface area contributed by atoms with Gasteiger partial charge in [-0.25, -0.2) is 9.59 Å². The number of esters is 1. The third-order valence-electron chi connectivity index (χ3n) is 4.66. The van der Waals surface area contributed by atoms with Crippen LogP contribution in [0.2, 0.25) is 10.0 Å². The zero-order chi connectivity index (χ0) is 21.5. The Hall–Kier alpha value is -2.54. The van der Waals surface area contributed by atoms with Gasteiger partial charge in [0.2, 0.25) is 0 Å². The third-order valence-corrected chi connectivity index (χ3v) is 5.16. The van der Waals surface area contributed by atoms with Crippen molar-refractivity contribution >= 4 is 35.2 Å². The van der Waals surface area contributed by atoms with Crippen molar-refractivity contribution in [3.8, 4) is 0 Å². The lowest BCUT2D eigenvalue weighted by Gasteiger charge is -2.29. The lowest BCUT2D eigenvalue weighted by atomic mass is 9.95. The molecule has 2 amide bonds. The van der Waals surface area contributed by atoms with Crippen molar-refractivity contribution in [2.75, 3.05) is 19.7 Å². The number of carbonyl (C=O) groups excluding carboxylic acids is 2. The fourth-order valence-corrected chi connectivity index (χ4v) is 3.46. The van der Waals surface area contributed by atoms with E-state index in [9.17, 15) is 9.59 Å². The van der Waals surface area contributed by atoms with Gasteiger partial charge in [-0.1, -0.05) is 47.5 Å². The van der Waals surface area contributed by atoms with Gasteiger partial charge < -0.3 is 20.7 Å². The van der Waals surface area contributed by atoms with Crippen LogP contribution in [-0.4, -0.2) is 31.7 Å².